The van der Waals surface area contributed by atoms with E-state index >= 15 is 0 Å². The van der Waals surface area contributed by atoms with Crippen LogP contribution in [0.25, 0.3) is 16.9 Å². The van der Waals surface area contributed by atoms with E-state index in [1.165, 1.54) is 10.5 Å². The van der Waals surface area contributed by atoms with Crippen LogP contribution in [0, 0.1) is 0 Å². The standard InChI is InChI=1S/C20H18N4OS/c1-26-17-4-2-3-14(11-17)12-22-19-20-23-13-18(24(20)10-9-21-19)15-5-7-16(25)8-6-15/h2-11,13,25H,12H2,1H3,(H,21,22). The number of hydrogen-bond acceptors (Lipinski definition) is 5. The van der Waals surface area contributed by atoms with Crippen molar-refractivity contribution in [2.24, 2.45) is 0 Å². The minimum atomic E-state index is 0.249. The minimum Gasteiger partial charge on any atom is -0.508 e. The summed E-state index contributed by atoms with van der Waals surface area (Å²) in [4.78, 5) is 10.2. The lowest BCUT2D eigenvalue weighted by atomic mass is 10.1. The summed E-state index contributed by atoms with van der Waals surface area (Å²) < 4.78 is 2.00. The maximum atomic E-state index is 9.48. The zero-order valence-electron chi connectivity index (χ0n) is 14.3. The molecular formula is C20H18N4OS. The number of imidazole rings is 1. The van der Waals surface area contributed by atoms with Gasteiger partial charge in [0.25, 0.3) is 0 Å². The van der Waals surface area contributed by atoms with Gasteiger partial charge in [-0.05, 0) is 48.2 Å². The summed E-state index contributed by atoms with van der Waals surface area (Å²) in [6, 6.07) is 15.5. The molecule has 0 aliphatic carbocycles. The molecule has 2 aromatic heterocycles. The number of benzene rings is 2. The van der Waals surface area contributed by atoms with E-state index < -0.39 is 0 Å². The lowest BCUT2D eigenvalue weighted by molar-refractivity contribution is 0.475. The molecule has 2 N–H and O–H groups in total. The lowest BCUT2D eigenvalue weighted by Gasteiger charge is -2.09. The molecule has 4 aromatic rings. The van der Waals surface area contributed by atoms with Crippen molar-refractivity contribution in [1.29, 1.82) is 0 Å². The van der Waals surface area contributed by atoms with E-state index in [-0.39, 0.29) is 5.75 Å². The Labute approximate surface area is 155 Å². The average molecular weight is 362 g/mol. The number of phenols is 1. The number of hydrogen-bond donors (Lipinski definition) is 2. The summed E-state index contributed by atoms with van der Waals surface area (Å²) in [6.07, 6.45) is 7.55. The highest BCUT2D eigenvalue weighted by Crippen LogP contribution is 2.25. The monoisotopic (exact) mass is 362 g/mol. The molecule has 2 aromatic carbocycles. The van der Waals surface area contributed by atoms with Crippen molar-refractivity contribution in [3.05, 3.63) is 72.7 Å². The van der Waals surface area contributed by atoms with Gasteiger partial charge in [-0.2, -0.15) is 0 Å². The molecule has 2 heterocycles. The van der Waals surface area contributed by atoms with E-state index in [9.17, 15) is 5.11 Å². The van der Waals surface area contributed by atoms with Gasteiger partial charge in [-0.1, -0.05) is 12.1 Å². The van der Waals surface area contributed by atoms with Crippen LogP contribution in [0.15, 0.2) is 72.0 Å². The molecule has 130 valence electrons. The predicted molar refractivity (Wildman–Crippen MR) is 106 cm³/mol. The third kappa shape index (κ3) is 3.23. The SMILES string of the molecule is CSc1cccc(CNc2nccn3c(-c4ccc(O)cc4)cnc23)c1. The van der Waals surface area contributed by atoms with E-state index in [0.717, 1.165) is 22.7 Å². The molecule has 0 radical (unpaired) electrons. The van der Waals surface area contributed by atoms with Crippen LogP contribution in [-0.4, -0.2) is 25.7 Å². The third-order valence-electron chi connectivity index (χ3n) is 4.19. The van der Waals surface area contributed by atoms with Crippen LogP contribution in [0.1, 0.15) is 5.56 Å². The Kier molecular flexibility index (Phi) is 4.50. The van der Waals surface area contributed by atoms with Crippen LogP contribution in [0.4, 0.5) is 5.82 Å². The Balaban J connectivity index is 1.63. The molecule has 0 saturated carbocycles. The molecule has 0 fully saturated rings. The molecular weight excluding hydrogens is 344 g/mol. The predicted octanol–water partition coefficient (Wildman–Crippen LogP) is 4.44. The first-order chi connectivity index (χ1) is 12.7. The van der Waals surface area contributed by atoms with Crippen molar-refractivity contribution in [2.75, 3.05) is 11.6 Å². The Hall–Kier alpha value is -2.99. The normalized spacial score (nSPS) is 11.0. The van der Waals surface area contributed by atoms with Crippen LogP contribution >= 0.6 is 11.8 Å². The molecule has 0 saturated heterocycles. The summed E-state index contributed by atoms with van der Waals surface area (Å²) in [5, 5.41) is 12.9. The second-order valence-corrected chi connectivity index (χ2v) is 6.74. The molecule has 0 amide bonds. The second kappa shape index (κ2) is 7.09. The minimum absolute atomic E-state index is 0.249. The molecule has 26 heavy (non-hydrogen) atoms. The fraction of sp³-hybridized carbons (Fsp3) is 0.100. The molecule has 0 aliphatic heterocycles. The summed E-state index contributed by atoms with van der Waals surface area (Å²) in [5.74, 6) is 0.992. The van der Waals surface area contributed by atoms with Crippen molar-refractivity contribution in [3.63, 3.8) is 0 Å². The van der Waals surface area contributed by atoms with Gasteiger partial charge in [0.15, 0.2) is 11.5 Å². The number of phenolic OH excluding ortho intramolecular Hbond substituents is 1. The zero-order valence-corrected chi connectivity index (χ0v) is 15.1. The summed E-state index contributed by atoms with van der Waals surface area (Å²) >= 11 is 1.73. The first-order valence-electron chi connectivity index (χ1n) is 8.23. The van der Waals surface area contributed by atoms with Gasteiger partial charge in [-0.25, -0.2) is 9.97 Å². The third-order valence-corrected chi connectivity index (χ3v) is 4.91. The van der Waals surface area contributed by atoms with Gasteiger partial charge in [0, 0.05) is 29.4 Å². The number of aromatic hydroxyl groups is 1. The molecule has 6 heteroatoms. The quantitative estimate of drug-likeness (QED) is 0.514. The number of rotatable bonds is 5. The van der Waals surface area contributed by atoms with Crippen LogP contribution in [0.3, 0.4) is 0 Å². The molecule has 4 rings (SSSR count). The highest BCUT2D eigenvalue weighted by atomic mass is 32.2. The van der Waals surface area contributed by atoms with Crippen molar-refractivity contribution in [2.45, 2.75) is 11.4 Å². The lowest BCUT2D eigenvalue weighted by Crippen LogP contribution is -2.04. The number of nitrogens with zero attached hydrogens (tertiary/aromatic N) is 3. The Morgan fingerprint density at radius 1 is 1.12 bits per heavy atom. The molecule has 0 spiro atoms. The molecule has 0 aliphatic rings. The van der Waals surface area contributed by atoms with Crippen molar-refractivity contribution < 1.29 is 5.11 Å². The van der Waals surface area contributed by atoms with Crippen LogP contribution in [0.5, 0.6) is 5.75 Å². The highest BCUT2D eigenvalue weighted by molar-refractivity contribution is 7.98. The van der Waals surface area contributed by atoms with Crippen molar-refractivity contribution >= 4 is 23.2 Å². The zero-order chi connectivity index (χ0) is 17.9. The van der Waals surface area contributed by atoms with Gasteiger partial charge in [0.2, 0.25) is 0 Å². The summed E-state index contributed by atoms with van der Waals surface area (Å²) in [5.41, 5.74) is 3.91. The van der Waals surface area contributed by atoms with Crippen LogP contribution in [0.2, 0.25) is 0 Å². The van der Waals surface area contributed by atoms with Crippen LogP contribution in [-0.2, 0) is 6.54 Å². The van der Waals surface area contributed by atoms with E-state index in [1.807, 2.05) is 28.9 Å². The highest BCUT2D eigenvalue weighted by Gasteiger charge is 2.10. The topological polar surface area (TPSA) is 62.5 Å². The molecule has 5 nitrogen and oxygen atoms in total. The smallest absolute Gasteiger partial charge is 0.180 e. The van der Waals surface area contributed by atoms with E-state index in [1.54, 1.807) is 30.1 Å². The first-order valence-corrected chi connectivity index (χ1v) is 9.45. The Morgan fingerprint density at radius 2 is 1.96 bits per heavy atom. The van der Waals surface area contributed by atoms with E-state index in [0.29, 0.717) is 6.54 Å². The van der Waals surface area contributed by atoms with Crippen molar-refractivity contribution in [3.8, 4) is 17.0 Å². The fourth-order valence-electron chi connectivity index (χ4n) is 2.86. The van der Waals surface area contributed by atoms with Crippen molar-refractivity contribution in [1.82, 2.24) is 14.4 Å². The largest absolute Gasteiger partial charge is 0.508 e. The molecule has 0 bridgehead atoms. The number of nitrogens with one attached hydrogen (secondary N) is 1. The maximum absolute atomic E-state index is 9.48. The summed E-state index contributed by atoms with van der Waals surface area (Å²) in [6.45, 7) is 0.683. The van der Waals surface area contributed by atoms with Gasteiger partial charge in [-0.3, -0.25) is 4.40 Å². The summed E-state index contributed by atoms with van der Waals surface area (Å²) in [7, 11) is 0. The van der Waals surface area contributed by atoms with E-state index in [2.05, 4.69) is 45.8 Å². The Bertz CT molecular complexity index is 1040. The molecule has 0 atom stereocenters. The molecule has 0 unspecified atom stereocenters. The fourth-order valence-corrected chi connectivity index (χ4v) is 3.34. The number of anilines is 1. The van der Waals surface area contributed by atoms with Gasteiger partial charge in [-0.15, -0.1) is 11.8 Å². The number of aromatic nitrogens is 3. The first kappa shape index (κ1) is 16.5. The van der Waals surface area contributed by atoms with Gasteiger partial charge < -0.3 is 10.4 Å². The van der Waals surface area contributed by atoms with Gasteiger partial charge >= 0.3 is 0 Å². The maximum Gasteiger partial charge on any atom is 0.180 e. The number of thioether (sulfide) groups is 1. The number of fused-ring (bicyclic) bond motifs is 1. The van der Waals surface area contributed by atoms with Crippen LogP contribution < -0.4 is 5.32 Å². The second-order valence-electron chi connectivity index (χ2n) is 5.86. The van der Waals surface area contributed by atoms with Gasteiger partial charge in [0.1, 0.15) is 5.75 Å². The van der Waals surface area contributed by atoms with Gasteiger partial charge in [0.05, 0.1) is 11.9 Å². The van der Waals surface area contributed by atoms with E-state index in [4.69, 9.17) is 0 Å². The Morgan fingerprint density at radius 3 is 2.77 bits per heavy atom. The average Bonchev–Trinajstić information content (AvgIpc) is 3.12.